The molecule has 6 aromatic rings. The highest BCUT2D eigenvalue weighted by Crippen LogP contribution is 2.52. The second-order valence-electron chi connectivity index (χ2n) is 9.87. The van der Waals surface area contributed by atoms with Crippen molar-refractivity contribution in [3.05, 3.63) is 140 Å². The maximum atomic E-state index is 15.0. The lowest BCUT2D eigenvalue weighted by Gasteiger charge is -2.29. The van der Waals surface area contributed by atoms with Crippen LogP contribution in [0.15, 0.2) is 134 Å². The highest BCUT2D eigenvalue weighted by molar-refractivity contribution is 7.85. The van der Waals surface area contributed by atoms with Crippen LogP contribution in [0.4, 0.5) is 0 Å². The summed E-state index contributed by atoms with van der Waals surface area (Å²) in [6.45, 7) is 2.14. The summed E-state index contributed by atoms with van der Waals surface area (Å²) in [4.78, 5) is 8.42. The van der Waals surface area contributed by atoms with Crippen LogP contribution >= 0.6 is 7.14 Å². The van der Waals surface area contributed by atoms with Gasteiger partial charge in [0.1, 0.15) is 11.5 Å². The number of benzene rings is 4. The third-order valence-corrected chi connectivity index (χ3v) is 10.7. The van der Waals surface area contributed by atoms with Gasteiger partial charge < -0.3 is 9.30 Å². The second kappa shape index (κ2) is 9.75. The van der Waals surface area contributed by atoms with E-state index in [1.807, 2.05) is 116 Å². The summed E-state index contributed by atoms with van der Waals surface area (Å²) in [6, 6.07) is 36.0. The maximum absolute atomic E-state index is 15.0. The van der Waals surface area contributed by atoms with Crippen molar-refractivity contribution in [2.24, 2.45) is 0 Å². The number of pyridine rings is 2. The Labute approximate surface area is 233 Å². The molecule has 4 nitrogen and oxygen atoms in total. The molecule has 0 fully saturated rings. The zero-order chi connectivity index (χ0) is 27.1. The molecule has 5 heteroatoms. The quantitative estimate of drug-likeness (QED) is 0.218. The molecule has 1 unspecified atom stereocenters. The Balaban J connectivity index is 1.44. The van der Waals surface area contributed by atoms with Crippen molar-refractivity contribution in [1.29, 1.82) is 0 Å². The van der Waals surface area contributed by atoms with Crippen molar-refractivity contribution in [2.45, 2.75) is 6.92 Å². The van der Waals surface area contributed by atoms with E-state index in [1.165, 1.54) is 0 Å². The topological polar surface area (TPSA) is 52.1 Å². The first-order chi connectivity index (χ1) is 19.6. The van der Waals surface area contributed by atoms with Crippen molar-refractivity contribution in [3.63, 3.8) is 0 Å². The number of ether oxygens (including phenoxy) is 1. The molecule has 0 spiro atoms. The number of nitrogens with zero attached hydrogens (tertiary/aromatic N) is 2. The van der Waals surface area contributed by atoms with Crippen molar-refractivity contribution < 1.29 is 9.30 Å². The predicted octanol–water partition coefficient (Wildman–Crippen LogP) is 7.53. The number of hydrogen-bond donors (Lipinski definition) is 0. The van der Waals surface area contributed by atoms with Gasteiger partial charge in [-0.3, -0.25) is 9.97 Å². The highest BCUT2D eigenvalue weighted by atomic mass is 31.2. The van der Waals surface area contributed by atoms with Gasteiger partial charge in [-0.2, -0.15) is 0 Å². The van der Waals surface area contributed by atoms with Gasteiger partial charge in [0.2, 0.25) is 0 Å². The highest BCUT2D eigenvalue weighted by Gasteiger charge is 2.39. The summed E-state index contributed by atoms with van der Waals surface area (Å²) >= 11 is 0. The maximum Gasteiger partial charge on any atom is 0.178 e. The van der Waals surface area contributed by atoms with Crippen molar-refractivity contribution in [1.82, 2.24) is 9.97 Å². The van der Waals surface area contributed by atoms with E-state index in [0.29, 0.717) is 11.5 Å². The third-order valence-electron chi connectivity index (χ3n) is 7.57. The van der Waals surface area contributed by atoms with Crippen LogP contribution in [0.2, 0.25) is 0 Å². The Morgan fingerprint density at radius 2 is 1.15 bits per heavy atom. The third kappa shape index (κ3) is 3.97. The van der Waals surface area contributed by atoms with E-state index in [1.54, 1.807) is 0 Å². The van der Waals surface area contributed by atoms with Gasteiger partial charge in [-0.25, -0.2) is 0 Å². The van der Waals surface area contributed by atoms with Gasteiger partial charge in [-0.15, -0.1) is 0 Å². The molecule has 2 aromatic heterocycles. The molecule has 0 aliphatic carbocycles. The fourth-order valence-electron chi connectivity index (χ4n) is 5.55. The minimum absolute atomic E-state index is 0.627. The minimum atomic E-state index is -3.12. The Morgan fingerprint density at radius 1 is 0.550 bits per heavy atom. The lowest BCUT2D eigenvalue weighted by molar-refractivity contribution is 0.485. The molecule has 0 amide bonds. The van der Waals surface area contributed by atoms with Crippen LogP contribution < -0.4 is 20.7 Å². The molecule has 3 heterocycles. The fourth-order valence-corrected chi connectivity index (χ4v) is 8.39. The second-order valence-corrected chi connectivity index (χ2v) is 12.6. The molecule has 0 radical (unpaired) electrons. The number of hydrogen-bond acceptors (Lipinski definition) is 4. The van der Waals surface area contributed by atoms with Crippen LogP contribution in [0, 0.1) is 6.92 Å². The molecule has 4 aromatic carbocycles. The molecule has 0 bridgehead atoms. The number of rotatable bonds is 4. The Morgan fingerprint density at radius 3 is 1.88 bits per heavy atom. The van der Waals surface area contributed by atoms with Crippen molar-refractivity contribution in [2.75, 3.05) is 0 Å². The monoisotopic (exact) mass is 536 g/mol. The van der Waals surface area contributed by atoms with Crippen molar-refractivity contribution >= 4 is 23.1 Å². The lowest BCUT2D eigenvalue weighted by Crippen LogP contribution is -2.30. The standard InChI is InChI=1S/C35H25N2O2P/c1-24-30(26-15-19-37-20-16-26)21-28(25-13-17-36-18-14-25)22-31(24)27-11-12-35-33(23-27)39-32-9-5-6-10-34(32)40(35,38)29-7-3-2-4-8-29/h2-23H,1H3. The Bertz CT molecular complexity index is 1910. The zero-order valence-corrected chi connectivity index (χ0v) is 22.8. The SMILES string of the molecule is Cc1c(-c2ccncc2)cc(-c2ccncc2)cc1-c1ccc2c(c1)Oc1ccccc1P2(=O)c1ccccc1. The largest absolute Gasteiger partial charge is 0.456 e. The molecular weight excluding hydrogens is 511 g/mol. The average Bonchev–Trinajstić information content (AvgIpc) is 3.02. The van der Waals surface area contributed by atoms with Gasteiger partial charge in [0.15, 0.2) is 7.14 Å². The molecular formula is C35H25N2O2P. The van der Waals surface area contributed by atoms with E-state index in [2.05, 4.69) is 35.1 Å². The number of aromatic nitrogens is 2. The van der Waals surface area contributed by atoms with Crippen LogP contribution in [-0.4, -0.2) is 9.97 Å². The van der Waals surface area contributed by atoms with Crippen LogP contribution in [0.1, 0.15) is 5.56 Å². The van der Waals surface area contributed by atoms with Crippen LogP contribution in [0.3, 0.4) is 0 Å². The minimum Gasteiger partial charge on any atom is -0.456 e. The summed E-state index contributed by atoms with van der Waals surface area (Å²) in [6.07, 6.45) is 7.26. The average molecular weight is 537 g/mol. The summed E-state index contributed by atoms with van der Waals surface area (Å²) in [7, 11) is -3.12. The normalized spacial score (nSPS) is 15.5. The van der Waals surface area contributed by atoms with Crippen molar-refractivity contribution in [3.8, 4) is 44.9 Å². The molecule has 1 atom stereocenters. The number of para-hydroxylation sites is 1. The predicted molar refractivity (Wildman–Crippen MR) is 163 cm³/mol. The van der Waals surface area contributed by atoms with Gasteiger partial charge in [0.25, 0.3) is 0 Å². The lowest BCUT2D eigenvalue weighted by atomic mass is 9.89. The van der Waals surface area contributed by atoms with Gasteiger partial charge >= 0.3 is 0 Å². The fraction of sp³-hybridized carbons (Fsp3) is 0.0286. The first kappa shape index (κ1) is 24.3. The van der Waals surface area contributed by atoms with Gasteiger partial charge in [0, 0.05) is 30.1 Å². The summed E-state index contributed by atoms with van der Waals surface area (Å²) in [5.41, 5.74) is 7.64. The summed E-state index contributed by atoms with van der Waals surface area (Å²) in [5, 5.41) is 2.26. The van der Waals surface area contributed by atoms with Gasteiger partial charge in [-0.05, 0) is 107 Å². The smallest absolute Gasteiger partial charge is 0.178 e. The molecule has 40 heavy (non-hydrogen) atoms. The first-order valence-electron chi connectivity index (χ1n) is 13.2. The molecule has 0 N–H and O–H groups in total. The van der Waals surface area contributed by atoms with E-state index in [4.69, 9.17) is 4.74 Å². The van der Waals surface area contributed by atoms with Crippen LogP contribution in [0.25, 0.3) is 33.4 Å². The molecule has 192 valence electrons. The Hall–Kier alpha value is -4.79. The zero-order valence-electron chi connectivity index (χ0n) is 21.9. The van der Waals surface area contributed by atoms with Crippen LogP contribution in [0.5, 0.6) is 11.5 Å². The molecule has 7 rings (SSSR count). The van der Waals surface area contributed by atoms with E-state index in [0.717, 1.165) is 54.9 Å². The van der Waals surface area contributed by atoms with E-state index in [-0.39, 0.29) is 0 Å². The first-order valence-corrected chi connectivity index (χ1v) is 14.9. The summed E-state index contributed by atoms with van der Waals surface area (Å²) < 4.78 is 21.4. The van der Waals surface area contributed by atoms with E-state index in [9.17, 15) is 4.57 Å². The van der Waals surface area contributed by atoms with Gasteiger partial charge in [0.05, 0.1) is 10.6 Å². The van der Waals surface area contributed by atoms with Gasteiger partial charge in [-0.1, -0.05) is 48.5 Å². The summed E-state index contributed by atoms with van der Waals surface area (Å²) in [5.74, 6) is 1.27. The molecule has 0 saturated heterocycles. The molecule has 1 aliphatic rings. The number of fused-ring (bicyclic) bond motifs is 2. The molecule has 1 aliphatic heterocycles. The van der Waals surface area contributed by atoms with Crippen LogP contribution in [-0.2, 0) is 4.57 Å². The Kier molecular flexibility index (Phi) is 5.91. The van der Waals surface area contributed by atoms with E-state index < -0.39 is 7.14 Å². The molecule has 0 saturated carbocycles. The van der Waals surface area contributed by atoms with E-state index >= 15 is 0 Å².